The van der Waals surface area contributed by atoms with Crippen LogP contribution in [0.2, 0.25) is 0 Å². The first-order chi connectivity index (χ1) is 8.79. The molecule has 0 amide bonds. The van der Waals surface area contributed by atoms with Crippen LogP contribution < -0.4 is 14.4 Å². The molecule has 0 radical (unpaired) electrons. The van der Waals surface area contributed by atoms with Crippen molar-refractivity contribution in [2.45, 2.75) is 0 Å². The van der Waals surface area contributed by atoms with E-state index >= 15 is 0 Å². The van der Waals surface area contributed by atoms with E-state index in [0.29, 0.717) is 18.2 Å². The molecule has 1 N–H and O–H groups in total. The van der Waals surface area contributed by atoms with E-state index in [0.717, 1.165) is 11.4 Å². The zero-order valence-corrected chi connectivity index (χ0v) is 11.3. The zero-order chi connectivity index (χ0) is 12.5. The summed E-state index contributed by atoms with van der Waals surface area (Å²) in [5.41, 5.74) is 1.73. The standard InChI is InChI=1S/C13H14N2O3.ClH/c1-14-7-10(8-16)15(9-14)11-3-2-4-12-13(11)18-6-5-17-12;/h2-7,16H,8-9H2,1H3;1H. The molecule has 0 saturated heterocycles. The summed E-state index contributed by atoms with van der Waals surface area (Å²) in [6.45, 7) is 0.671. The van der Waals surface area contributed by atoms with Gasteiger partial charge in [-0.2, -0.15) is 0 Å². The summed E-state index contributed by atoms with van der Waals surface area (Å²) < 4.78 is 10.9. The molecule has 0 spiro atoms. The SMILES string of the molecule is CN1C=C(CO)N(c2cccc3c2OC=CO3)C1.Cl. The Bertz CT molecular complexity index is 531. The van der Waals surface area contributed by atoms with Crippen molar-refractivity contribution in [1.29, 1.82) is 0 Å². The van der Waals surface area contributed by atoms with Gasteiger partial charge in [-0.05, 0) is 12.1 Å². The number of nitrogens with zero attached hydrogens (tertiary/aromatic N) is 2. The van der Waals surface area contributed by atoms with Gasteiger partial charge in [0.25, 0.3) is 0 Å². The molecule has 0 fully saturated rings. The monoisotopic (exact) mass is 282 g/mol. The van der Waals surface area contributed by atoms with Crippen LogP contribution in [0.25, 0.3) is 0 Å². The smallest absolute Gasteiger partial charge is 0.192 e. The van der Waals surface area contributed by atoms with E-state index in [1.807, 2.05) is 41.2 Å². The highest BCUT2D eigenvalue weighted by molar-refractivity contribution is 5.85. The second kappa shape index (κ2) is 5.42. The van der Waals surface area contributed by atoms with Crippen LogP contribution >= 0.6 is 12.4 Å². The van der Waals surface area contributed by atoms with Crippen LogP contribution in [-0.4, -0.2) is 30.3 Å². The van der Waals surface area contributed by atoms with Gasteiger partial charge in [-0.25, -0.2) is 0 Å². The summed E-state index contributed by atoms with van der Waals surface area (Å²) in [6.07, 6.45) is 4.93. The van der Waals surface area contributed by atoms with Gasteiger partial charge in [-0.1, -0.05) is 6.07 Å². The Morgan fingerprint density at radius 2 is 2.05 bits per heavy atom. The average molecular weight is 283 g/mol. The molecule has 19 heavy (non-hydrogen) atoms. The molecule has 6 heteroatoms. The lowest BCUT2D eigenvalue weighted by atomic mass is 10.2. The molecular formula is C13H15ClN2O3. The first-order valence-electron chi connectivity index (χ1n) is 5.70. The summed E-state index contributed by atoms with van der Waals surface area (Å²) >= 11 is 0. The number of para-hydroxylation sites is 1. The third kappa shape index (κ3) is 2.34. The minimum Gasteiger partial charge on any atom is -0.458 e. The fraction of sp³-hybridized carbons (Fsp3) is 0.231. The Morgan fingerprint density at radius 3 is 2.84 bits per heavy atom. The largest absolute Gasteiger partial charge is 0.458 e. The molecule has 0 unspecified atom stereocenters. The van der Waals surface area contributed by atoms with Crippen molar-refractivity contribution in [3.63, 3.8) is 0 Å². The minimum absolute atomic E-state index is 0. The summed E-state index contributed by atoms with van der Waals surface area (Å²) in [5.74, 6) is 1.36. The van der Waals surface area contributed by atoms with Crippen LogP contribution in [0.1, 0.15) is 0 Å². The fourth-order valence-corrected chi connectivity index (χ4v) is 2.16. The van der Waals surface area contributed by atoms with E-state index in [2.05, 4.69) is 0 Å². The highest BCUT2D eigenvalue weighted by Crippen LogP contribution is 2.41. The molecule has 5 nitrogen and oxygen atoms in total. The van der Waals surface area contributed by atoms with Crippen molar-refractivity contribution >= 4 is 18.1 Å². The normalized spacial score (nSPS) is 16.2. The molecule has 0 bridgehead atoms. The van der Waals surface area contributed by atoms with Crippen molar-refractivity contribution in [3.05, 3.63) is 42.6 Å². The van der Waals surface area contributed by atoms with Gasteiger partial charge in [0.15, 0.2) is 11.5 Å². The van der Waals surface area contributed by atoms with Crippen LogP contribution in [0.15, 0.2) is 42.6 Å². The Kier molecular flexibility index (Phi) is 3.87. The van der Waals surface area contributed by atoms with Crippen LogP contribution in [0.4, 0.5) is 5.69 Å². The van der Waals surface area contributed by atoms with Gasteiger partial charge < -0.3 is 24.4 Å². The number of aliphatic hydroxyl groups is 1. The molecule has 0 atom stereocenters. The van der Waals surface area contributed by atoms with Gasteiger partial charge in [-0.3, -0.25) is 0 Å². The van der Waals surface area contributed by atoms with E-state index in [-0.39, 0.29) is 19.0 Å². The topological polar surface area (TPSA) is 45.2 Å². The second-order valence-electron chi connectivity index (χ2n) is 4.22. The molecule has 3 rings (SSSR count). The molecule has 0 aromatic heterocycles. The second-order valence-corrected chi connectivity index (χ2v) is 4.22. The number of rotatable bonds is 2. The predicted octanol–water partition coefficient (Wildman–Crippen LogP) is 1.89. The molecule has 1 aromatic carbocycles. The van der Waals surface area contributed by atoms with Gasteiger partial charge in [0.1, 0.15) is 12.5 Å². The predicted molar refractivity (Wildman–Crippen MR) is 74.4 cm³/mol. The number of hydrogen-bond donors (Lipinski definition) is 1. The van der Waals surface area contributed by atoms with Crippen molar-refractivity contribution < 1.29 is 14.6 Å². The number of anilines is 1. The quantitative estimate of drug-likeness (QED) is 0.897. The van der Waals surface area contributed by atoms with E-state index < -0.39 is 0 Å². The maximum Gasteiger partial charge on any atom is 0.192 e. The fourth-order valence-electron chi connectivity index (χ4n) is 2.16. The minimum atomic E-state index is -0.00922. The van der Waals surface area contributed by atoms with Crippen LogP contribution in [0.5, 0.6) is 11.5 Å². The summed E-state index contributed by atoms with van der Waals surface area (Å²) in [6, 6.07) is 5.71. The van der Waals surface area contributed by atoms with Gasteiger partial charge in [0.05, 0.1) is 24.7 Å². The molecular weight excluding hydrogens is 268 g/mol. The highest BCUT2D eigenvalue weighted by atomic mass is 35.5. The van der Waals surface area contributed by atoms with E-state index in [4.69, 9.17) is 9.47 Å². The molecule has 0 aliphatic carbocycles. The van der Waals surface area contributed by atoms with E-state index in [9.17, 15) is 5.11 Å². The van der Waals surface area contributed by atoms with Crippen molar-refractivity contribution in [1.82, 2.24) is 4.90 Å². The third-order valence-electron chi connectivity index (χ3n) is 2.93. The Labute approximate surface area is 117 Å². The summed E-state index contributed by atoms with van der Waals surface area (Å²) in [4.78, 5) is 4.01. The van der Waals surface area contributed by atoms with Gasteiger partial charge in [-0.15, -0.1) is 12.4 Å². The summed E-state index contributed by atoms with van der Waals surface area (Å²) in [7, 11) is 1.96. The van der Waals surface area contributed by atoms with Crippen molar-refractivity contribution in [2.24, 2.45) is 0 Å². The Balaban J connectivity index is 0.00000133. The van der Waals surface area contributed by atoms with Crippen LogP contribution in [0.3, 0.4) is 0 Å². The molecule has 2 heterocycles. The van der Waals surface area contributed by atoms with Gasteiger partial charge in [0.2, 0.25) is 0 Å². The van der Waals surface area contributed by atoms with Crippen LogP contribution in [0, 0.1) is 0 Å². The number of ether oxygens (including phenoxy) is 2. The zero-order valence-electron chi connectivity index (χ0n) is 10.4. The maximum absolute atomic E-state index is 9.40. The van der Waals surface area contributed by atoms with E-state index in [1.54, 1.807) is 0 Å². The Morgan fingerprint density at radius 1 is 1.26 bits per heavy atom. The molecule has 0 saturated carbocycles. The number of halogens is 1. The first kappa shape index (κ1) is 13.6. The molecule has 2 aliphatic rings. The van der Waals surface area contributed by atoms with Crippen molar-refractivity contribution in [2.75, 3.05) is 25.2 Å². The third-order valence-corrected chi connectivity index (χ3v) is 2.93. The van der Waals surface area contributed by atoms with Gasteiger partial charge >= 0.3 is 0 Å². The van der Waals surface area contributed by atoms with Crippen LogP contribution in [-0.2, 0) is 0 Å². The number of hydrogen-bond acceptors (Lipinski definition) is 5. The molecule has 1 aromatic rings. The lowest BCUT2D eigenvalue weighted by Gasteiger charge is -2.25. The highest BCUT2D eigenvalue weighted by Gasteiger charge is 2.25. The maximum atomic E-state index is 9.40. The summed E-state index contributed by atoms with van der Waals surface area (Å²) in [5, 5.41) is 9.40. The molecule has 102 valence electrons. The lowest BCUT2D eigenvalue weighted by Crippen LogP contribution is -2.26. The first-order valence-corrected chi connectivity index (χ1v) is 5.70. The number of aliphatic hydroxyl groups excluding tert-OH is 1. The Hall–Kier alpha value is -1.85. The van der Waals surface area contributed by atoms with E-state index in [1.165, 1.54) is 12.5 Å². The lowest BCUT2D eigenvalue weighted by molar-refractivity contribution is 0.328. The van der Waals surface area contributed by atoms with Gasteiger partial charge in [0, 0.05) is 13.2 Å². The number of benzene rings is 1. The van der Waals surface area contributed by atoms with Crippen molar-refractivity contribution in [3.8, 4) is 11.5 Å². The number of fused-ring (bicyclic) bond motifs is 1. The average Bonchev–Trinajstić information content (AvgIpc) is 2.79. The molecule has 2 aliphatic heterocycles.